The molecule has 0 N–H and O–H groups in total. The fourth-order valence-corrected chi connectivity index (χ4v) is 1.12. The molecule has 0 aromatic heterocycles. The van der Waals surface area contributed by atoms with Crippen molar-refractivity contribution in [1.82, 2.24) is 0 Å². The van der Waals surface area contributed by atoms with Gasteiger partial charge in [0.05, 0.1) is 0 Å². The topological polar surface area (TPSA) is 0 Å². The Bertz CT molecular complexity index is 322. The number of hydrogen-bond donors (Lipinski definition) is 0. The van der Waals surface area contributed by atoms with E-state index in [2.05, 4.69) is 12.1 Å². The van der Waals surface area contributed by atoms with E-state index in [9.17, 15) is 0 Å². The summed E-state index contributed by atoms with van der Waals surface area (Å²) in [6.07, 6.45) is 0. The summed E-state index contributed by atoms with van der Waals surface area (Å²) in [6, 6.07) is 22.1. The molecule has 0 aliphatic carbocycles. The summed E-state index contributed by atoms with van der Waals surface area (Å²) in [5.41, 5.74) is 2.19. The van der Waals surface area contributed by atoms with Crippen LogP contribution < -0.4 is 0 Å². The van der Waals surface area contributed by atoms with Crippen LogP contribution in [0.2, 0.25) is 13.6 Å². The summed E-state index contributed by atoms with van der Waals surface area (Å²) in [6.45, 7) is 8.00. The Hall–Kier alpha value is -0.391. The van der Waals surface area contributed by atoms with E-state index >= 15 is 0 Å². The van der Waals surface area contributed by atoms with Gasteiger partial charge in [-0.3, -0.25) is 0 Å². The van der Waals surface area contributed by atoms with E-state index in [1.54, 1.807) is 0 Å². The van der Waals surface area contributed by atoms with Gasteiger partial charge in [0, 0.05) is 32.7 Å². The summed E-state index contributed by atoms with van der Waals surface area (Å²) in [5.74, 6) is 0. The standard InChI is InChI=1S/C12H8.C2H6B.C2H6.CH4.Y/c1-3-7-11(8-4-1)12-9-5-2-6-10-12;1-3-2;1-2;;/h1-7,9H;1-2H3;1-2H3;1H4;/q-2;;;;. The molecule has 2 radical (unpaired) electrons. The first-order valence-electron chi connectivity index (χ1n) is 6.06. The van der Waals surface area contributed by atoms with Crippen molar-refractivity contribution in [2.45, 2.75) is 34.9 Å². The molecule has 0 heterocycles. The minimum absolute atomic E-state index is 0. The maximum absolute atomic E-state index is 3.15. The molecule has 0 amide bonds. The van der Waals surface area contributed by atoms with Crippen LogP contribution in [0.3, 0.4) is 0 Å². The fraction of sp³-hybridized carbons (Fsp3) is 0.294. The van der Waals surface area contributed by atoms with Crippen molar-refractivity contribution in [2.24, 2.45) is 0 Å². The Kier molecular flexibility index (Phi) is 21.9. The van der Waals surface area contributed by atoms with Crippen LogP contribution >= 0.6 is 0 Å². The normalized spacial score (nSPS) is 7.16. The Labute approximate surface area is 146 Å². The van der Waals surface area contributed by atoms with Gasteiger partial charge in [-0.1, -0.05) is 34.9 Å². The molecule has 2 aromatic carbocycles. The predicted molar refractivity (Wildman–Crippen MR) is 85.1 cm³/mol. The van der Waals surface area contributed by atoms with Crippen molar-refractivity contribution in [3.8, 4) is 11.1 Å². The van der Waals surface area contributed by atoms with Gasteiger partial charge < -0.3 is 0 Å². The van der Waals surface area contributed by atoms with E-state index in [4.69, 9.17) is 0 Å². The van der Waals surface area contributed by atoms with Crippen molar-refractivity contribution in [1.29, 1.82) is 0 Å². The first-order chi connectivity index (χ1) is 8.38. The van der Waals surface area contributed by atoms with Crippen molar-refractivity contribution in [3.63, 3.8) is 0 Å². The van der Waals surface area contributed by atoms with Crippen LogP contribution in [0.25, 0.3) is 11.1 Å². The Morgan fingerprint density at radius 1 is 0.789 bits per heavy atom. The molecule has 2 aromatic rings. The molecule has 0 saturated carbocycles. The van der Waals surface area contributed by atoms with Gasteiger partial charge in [0.1, 0.15) is 7.28 Å². The molecule has 0 unspecified atom stereocenters. The van der Waals surface area contributed by atoms with Gasteiger partial charge in [0.15, 0.2) is 0 Å². The molecule has 0 aliphatic heterocycles. The summed E-state index contributed by atoms with van der Waals surface area (Å²) in [7, 11) is 2.00. The first-order valence-corrected chi connectivity index (χ1v) is 6.06. The van der Waals surface area contributed by atoms with Crippen molar-refractivity contribution >= 4 is 7.28 Å². The quantitative estimate of drug-likeness (QED) is 0.486. The third-order valence-corrected chi connectivity index (χ3v) is 1.71. The average Bonchev–Trinajstić information content (AvgIpc) is 2.44. The molecular weight excluding hydrogens is 304 g/mol. The van der Waals surface area contributed by atoms with Crippen LogP contribution in [0.1, 0.15) is 21.3 Å². The maximum atomic E-state index is 3.15. The van der Waals surface area contributed by atoms with Crippen LogP contribution in [0.4, 0.5) is 0 Å². The second-order valence-corrected chi connectivity index (χ2v) is 3.13. The zero-order valence-corrected chi connectivity index (χ0v) is 14.6. The third-order valence-electron chi connectivity index (χ3n) is 1.71. The average molecular weight is 328 g/mol. The van der Waals surface area contributed by atoms with E-state index in [-0.39, 0.29) is 40.1 Å². The summed E-state index contributed by atoms with van der Waals surface area (Å²) in [4.78, 5) is 0. The van der Waals surface area contributed by atoms with E-state index in [1.807, 2.05) is 83.3 Å². The molecule has 19 heavy (non-hydrogen) atoms. The zero-order valence-electron chi connectivity index (χ0n) is 11.8. The van der Waals surface area contributed by atoms with E-state index in [0.717, 1.165) is 11.1 Å². The SMILES string of the molecule is C.CC.C[B]C.[Y].[c-]1ccccc1-c1[c-]cccc1. The molecule has 0 nitrogen and oxygen atoms in total. The molecule has 0 atom stereocenters. The number of rotatable bonds is 1. The first kappa shape index (κ1) is 23.7. The number of hydrogen-bond acceptors (Lipinski definition) is 0. The van der Waals surface area contributed by atoms with E-state index in [0.29, 0.717) is 0 Å². The van der Waals surface area contributed by atoms with Gasteiger partial charge in [-0.2, -0.15) is 48.5 Å². The van der Waals surface area contributed by atoms with E-state index in [1.165, 1.54) is 0 Å². The Morgan fingerprint density at radius 3 is 1.32 bits per heavy atom. The van der Waals surface area contributed by atoms with Crippen LogP contribution in [-0.2, 0) is 32.7 Å². The monoisotopic (exact) mass is 328 g/mol. The van der Waals surface area contributed by atoms with Crippen LogP contribution in [-0.4, -0.2) is 7.28 Å². The molecular formula is C17H24BY-2. The predicted octanol–water partition coefficient (Wildman–Crippen LogP) is 5.40. The van der Waals surface area contributed by atoms with Crippen LogP contribution in [0.15, 0.2) is 48.5 Å². The minimum Gasteiger partial charge on any atom is -0.226 e. The van der Waals surface area contributed by atoms with Crippen LogP contribution in [0.5, 0.6) is 0 Å². The van der Waals surface area contributed by atoms with Crippen molar-refractivity contribution in [3.05, 3.63) is 60.7 Å². The molecule has 0 fully saturated rings. The minimum atomic E-state index is 0. The molecule has 0 bridgehead atoms. The van der Waals surface area contributed by atoms with Crippen molar-refractivity contribution < 1.29 is 32.7 Å². The number of benzene rings is 2. The van der Waals surface area contributed by atoms with Gasteiger partial charge in [-0.25, -0.2) is 11.1 Å². The Balaban J connectivity index is -0.000000327. The summed E-state index contributed by atoms with van der Waals surface area (Å²) < 4.78 is 0. The maximum Gasteiger partial charge on any atom is 0.102 e. The fourth-order valence-electron chi connectivity index (χ4n) is 1.12. The van der Waals surface area contributed by atoms with E-state index < -0.39 is 0 Å². The Morgan fingerprint density at radius 2 is 1.11 bits per heavy atom. The van der Waals surface area contributed by atoms with Gasteiger partial charge in [-0.05, 0) is 0 Å². The van der Waals surface area contributed by atoms with Gasteiger partial charge >= 0.3 is 0 Å². The summed E-state index contributed by atoms with van der Waals surface area (Å²) >= 11 is 0. The molecule has 0 saturated heterocycles. The van der Waals surface area contributed by atoms with Crippen molar-refractivity contribution in [2.75, 3.05) is 0 Å². The second-order valence-electron chi connectivity index (χ2n) is 3.13. The zero-order chi connectivity index (χ0) is 12.9. The molecule has 2 rings (SSSR count). The largest absolute Gasteiger partial charge is 0.226 e. The van der Waals surface area contributed by atoms with Gasteiger partial charge in [0.25, 0.3) is 0 Å². The smallest absolute Gasteiger partial charge is 0.102 e. The second kappa shape index (κ2) is 17.6. The molecule has 100 valence electrons. The summed E-state index contributed by atoms with van der Waals surface area (Å²) in [5, 5.41) is 0. The third kappa shape index (κ3) is 11.2. The van der Waals surface area contributed by atoms with Gasteiger partial charge in [0.2, 0.25) is 0 Å². The molecule has 2 heteroatoms. The van der Waals surface area contributed by atoms with Gasteiger partial charge in [-0.15, -0.1) is 12.1 Å². The van der Waals surface area contributed by atoms with Crippen LogP contribution in [0, 0.1) is 12.1 Å². The molecule has 0 aliphatic rings. The molecule has 0 spiro atoms.